The van der Waals surface area contributed by atoms with E-state index in [0.29, 0.717) is 25.6 Å². The van der Waals surface area contributed by atoms with Gasteiger partial charge in [-0.05, 0) is 42.3 Å². The van der Waals surface area contributed by atoms with Gasteiger partial charge in [-0.3, -0.25) is 0 Å². The quantitative estimate of drug-likeness (QED) is 0.354. The molecule has 0 fully saturated rings. The Labute approximate surface area is 167 Å². The first kappa shape index (κ1) is 22.1. The molecule has 0 amide bonds. The van der Waals surface area contributed by atoms with Gasteiger partial charge < -0.3 is 15.4 Å². The van der Waals surface area contributed by atoms with Gasteiger partial charge in [-0.1, -0.05) is 24.3 Å². The van der Waals surface area contributed by atoms with Crippen LogP contribution < -0.4 is 15.4 Å². The molecule has 0 bridgehead atoms. The third-order valence-corrected chi connectivity index (χ3v) is 3.24. The van der Waals surface area contributed by atoms with Crippen LogP contribution in [-0.2, 0) is 13.1 Å². The summed E-state index contributed by atoms with van der Waals surface area (Å²) in [6.45, 7) is 0.435. The molecule has 0 unspecified atom stereocenters. The number of nitrogens with zero attached hydrogens (tertiary/aromatic N) is 1. The number of alkyl halides is 2. The van der Waals surface area contributed by atoms with E-state index < -0.39 is 6.61 Å². The number of hydrogen-bond acceptors (Lipinski definition) is 2. The Morgan fingerprint density at radius 1 is 1.08 bits per heavy atom. The van der Waals surface area contributed by atoms with Crippen molar-refractivity contribution in [3.05, 3.63) is 65.5 Å². The highest BCUT2D eigenvalue weighted by Crippen LogP contribution is 2.15. The van der Waals surface area contributed by atoms with Crippen LogP contribution in [0.25, 0.3) is 0 Å². The van der Waals surface area contributed by atoms with Crippen molar-refractivity contribution in [1.82, 2.24) is 10.6 Å². The normalized spacial score (nSPS) is 11.0. The Morgan fingerprint density at radius 2 is 1.81 bits per heavy atom. The molecule has 0 atom stereocenters. The van der Waals surface area contributed by atoms with Gasteiger partial charge in [0.15, 0.2) is 5.96 Å². The molecule has 4 nitrogen and oxygen atoms in total. The van der Waals surface area contributed by atoms with Crippen molar-refractivity contribution in [3.63, 3.8) is 0 Å². The van der Waals surface area contributed by atoms with E-state index in [2.05, 4.69) is 20.4 Å². The summed E-state index contributed by atoms with van der Waals surface area (Å²) in [5.74, 6) is 0.351. The lowest BCUT2D eigenvalue weighted by molar-refractivity contribution is -0.0498. The molecule has 0 aliphatic heterocycles. The monoisotopic (exact) mass is 479 g/mol. The highest BCUT2D eigenvalue weighted by molar-refractivity contribution is 14.0. The number of rotatable bonds is 7. The Balaban J connectivity index is 0.00000338. The fourth-order valence-electron chi connectivity index (χ4n) is 2.16. The molecule has 0 saturated heterocycles. The molecule has 2 aromatic carbocycles. The highest BCUT2D eigenvalue weighted by Gasteiger charge is 2.05. The predicted octanol–water partition coefficient (Wildman–Crippen LogP) is 4.30. The third kappa shape index (κ3) is 7.94. The molecule has 0 saturated carbocycles. The van der Waals surface area contributed by atoms with Gasteiger partial charge in [-0.15, -0.1) is 24.0 Å². The third-order valence-electron chi connectivity index (χ3n) is 3.24. The molecule has 2 rings (SSSR count). The zero-order chi connectivity index (χ0) is 18.1. The van der Waals surface area contributed by atoms with E-state index in [4.69, 9.17) is 0 Å². The van der Waals surface area contributed by atoms with Gasteiger partial charge in [0.2, 0.25) is 0 Å². The number of benzene rings is 2. The maximum absolute atomic E-state index is 13.2. The van der Waals surface area contributed by atoms with E-state index in [1.54, 1.807) is 24.3 Å². The number of aliphatic imine (C=N–C) groups is 1. The Hall–Kier alpha value is -1.97. The minimum absolute atomic E-state index is 0. The smallest absolute Gasteiger partial charge is 0.387 e. The second-order valence-electron chi connectivity index (χ2n) is 5.20. The van der Waals surface area contributed by atoms with Gasteiger partial charge in [0.1, 0.15) is 11.6 Å². The minimum atomic E-state index is -2.85. The summed E-state index contributed by atoms with van der Waals surface area (Å²) in [7, 11) is 0. The van der Waals surface area contributed by atoms with Crippen LogP contribution in [0.4, 0.5) is 13.2 Å². The van der Waals surface area contributed by atoms with Gasteiger partial charge in [-0.25, -0.2) is 9.38 Å². The Kier molecular flexibility index (Phi) is 9.85. The lowest BCUT2D eigenvalue weighted by atomic mass is 10.2. The van der Waals surface area contributed by atoms with Crippen molar-refractivity contribution in [2.45, 2.75) is 26.6 Å². The van der Waals surface area contributed by atoms with Gasteiger partial charge in [0.25, 0.3) is 0 Å². The van der Waals surface area contributed by atoms with Crippen LogP contribution in [0.15, 0.2) is 53.5 Å². The zero-order valence-electron chi connectivity index (χ0n) is 14.2. The molecule has 0 aliphatic rings. The van der Waals surface area contributed by atoms with Crippen molar-refractivity contribution >= 4 is 29.9 Å². The summed E-state index contributed by atoms with van der Waals surface area (Å²) in [6.07, 6.45) is 0. The molecular weight excluding hydrogens is 458 g/mol. The van der Waals surface area contributed by atoms with E-state index >= 15 is 0 Å². The lowest BCUT2D eigenvalue weighted by Gasteiger charge is -2.12. The first-order valence-corrected chi connectivity index (χ1v) is 7.87. The SMILES string of the molecule is CCNC(=NCc1cccc(F)c1)NCc1cccc(OC(F)F)c1.I. The van der Waals surface area contributed by atoms with Crippen LogP contribution in [0, 0.1) is 5.82 Å². The van der Waals surface area contributed by atoms with Gasteiger partial charge >= 0.3 is 6.61 Å². The maximum Gasteiger partial charge on any atom is 0.387 e. The number of ether oxygens (including phenoxy) is 1. The molecule has 2 aromatic rings. The summed E-state index contributed by atoms with van der Waals surface area (Å²) < 4.78 is 42.1. The number of guanidine groups is 1. The molecule has 0 spiro atoms. The second kappa shape index (κ2) is 11.6. The highest BCUT2D eigenvalue weighted by atomic mass is 127. The van der Waals surface area contributed by atoms with Crippen molar-refractivity contribution in [3.8, 4) is 5.75 Å². The summed E-state index contributed by atoms with van der Waals surface area (Å²) in [5.41, 5.74) is 1.53. The van der Waals surface area contributed by atoms with E-state index in [9.17, 15) is 13.2 Å². The van der Waals surface area contributed by atoms with Crippen molar-refractivity contribution in [2.75, 3.05) is 6.54 Å². The van der Waals surface area contributed by atoms with Gasteiger partial charge in [-0.2, -0.15) is 8.78 Å². The Morgan fingerprint density at radius 3 is 2.50 bits per heavy atom. The molecule has 2 N–H and O–H groups in total. The van der Waals surface area contributed by atoms with E-state index in [1.807, 2.05) is 6.92 Å². The van der Waals surface area contributed by atoms with Crippen LogP contribution >= 0.6 is 24.0 Å². The standard InChI is InChI=1S/C18H20F3N3O.HI/c1-2-22-18(23-11-13-5-3-7-15(19)9-13)24-12-14-6-4-8-16(10-14)25-17(20)21;/h3-10,17H,2,11-12H2,1H3,(H2,22,23,24);1H. The largest absolute Gasteiger partial charge is 0.435 e. The predicted molar refractivity (Wildman–Crippen MR) is 107 cm³/mol. The molecule has 0 aliphatic carbocycles. The van der Waals surface area contributed by atoms with Crippen molar-refractivity contribution in [1.29, 1.82) is 0 Å². The summed E-state index contributed by atoms with van der Waals surface area (Å²) in [6, 6.07) is 12.7. The van der Waals surface area contributed by atoms with Crippen LogP contribution in [0.5, 0.6) is 5.75 Å². The summed E-state index contributed by atoms with van der Waals surface area (Å²) in [5, 5.41) is 6.18. The molecule has 0 heterocycles. The minimum Gasteiger partial charge on any atom is -0.435 e. The number of hydrogen-bond donors (Lipinski definition) is 2. The molecular formula is C18H21F3IN3O. The molecule has 26 heavy (non-hydrogen) atoms. The van der Waals surface area contributed by atoms with Crippen LogP contribution in [0.2, 0.25) is 0 Å². The topological polar surface area (TPSA) is 45.7 Å². The molecule has 0 radical (unpaired) electrons. The van der Waals surface area contributed by atoms with Crippen LogP contribution in [-0.4, -0.2) is 19.1 Å². The summed E-state index contributed by atoms with van der Waals surface area (Å²) >= 11 is 0. The number of halogens is 4. The van der Waals surface area contributed by atoms with Crippen molar-refractivity contribution < 1.29 is 17.9 Å². The zero-order valence-corrected chi connectivity index (χ0v) is 16.5. The van der Waals surface area contributed by atoms with Gasteiger partial charge in [0.05, 0.1) is 6.54 Å². The van der Waals surface area contributed by atoms with E-state index in [0.717, 1.165) is 11.1 Å². The fraction of sp³-hybridized carbons (Fsp3) is 0.278. The maximum atomic E-state index is 13.2. The average molecular weight is 479 g/mol. The Bertz CT molecular complexity index is 714. The fourth-order valence-corrected chi connectivity index (χ4v) is 2.16. The number of nitrogens with one attached hydrogen (secondary N) is 2. The van der Waals surface area contributed by atoms with E-state index in [1.165, 1.54) is 24.3 Å². The van der Waals surface area contributed by atoms with E-state index in [-0.39, 0.29) is 35.5 Å². The van der Waals surface area contributed by atoms with Crippen molar-refractivity contribution in [2.24, 2.45) is 4.99 Å². The van der Waals surface area contributed by atoms with Crippen LogP contribution in [0.3, 0.4) is 0 Å². The first-order valence-electron chi connectivity index (χ1n) is 7.87. The van der Waals surface area contributed by atoms with Gasteiger partial charge in [0, 0.05) is 13.1 Å². The molecule has 8 heteroatoms. The van der Waals surface area contributed by atoms with Crippen LogP contribution in [0.1, 0.15) is 18.1 Å². The molecule has 142 valence electrons. The second-order valence-corrected chi connectivity index (χ2v) is 5.20. The lowest BCUT2D eigenvalue weighted by Crippen LogP contribution is -2.36. The first-order chi connectivity index (χ1) is 12.1. The summed E-state index contributed by atoms with van der Waals surface area (Å²) in [4.78, 5) is 4.39. The molecule has 0 aromatic heterocycles. The average Bonchev–Trinajstić information content (AvgIpc) is 2.57.